The molecule has 2 aromatic rings. The number of benzene rings is 1. The SMILES string of the molecule is Cn1c(-c2ccccc2F)nn(C[NH+](C)CC(=O)NC2CC2)c1=S. The summed E-state index contributed by atoms with van der Waals surface area (Å²) in [5.41, 5.74) is 0.411. The van der Waals surface area contributed by atoms with Crippen LogP contribution in [-0.4, -0.2) is 39.9 Å². The van der Waals surface area contributed by atoms with Crippen LogP contribution in [0.25, 0.3) is 11.4 Å². The lowest BCUT2D eigenvalue weighted by Crippen LogP contribution is -3.09. The van der Waals surface area contributed by atoms with E-state index < -0.39 is 0 Å². The fraction of sp³-hybridized carbons (Fsp3) is 0.438. The van der Waals surface area contributed by atoms with Crippen LogP contribution in [0.4, 0.5) is 4.39 Å². The smallest absolute Gasteiger partial charge is 0.275 e. The first-order valence-electron chi connectivity index (χ1n) is 7.95. The third kappa shape index (κ3) is 3.70. The summed E-state index contributed by atoms with van der Waals surface area (Å²) in [6.07, 6.45) is 2.14. The topological polar surface area (TPSA) is 56.3 Å². The molecule has 1 atom stereocenters. The molecule has 0 bridgehead atoms. The van der Waals surface area contributed by atoms with Gasteiger partial charge >= 0.3 is 0 Å². The number of carbonyl (C=O) groups is 1. The highest BCUT2D eigenvalue weighted by molar-refractivity contribution is 7.71. The summed E-state index contributed by atoms with van der Waals surface area (Å²) < 4.78 is 17.8. The zero-order valence-corrected chi connectivity index (χ0v) is 14.6. The molecule has 1 heterocycles. The zero-order chi connectivity index (χ0) is 17.3. The Balaban J connectivity index is 1.74. The van der Waals surface area contributed by atoms with Crippen molar-refractivity contribution in [1.82, 2.24) is 19.7 Å². The second kappa shape index (κ2) is 6.82. The maximum Gasteiger partial charge on any atom is 0.275 e. The van der Waals surface area contributed by atoms with Gasteiger partial charge in [0.2, 0.25) is 4.77 Å². The molecule has 8 heteroatoms. The number of halogens is 1. The Hall–Kier alpha value is -2.06. The average Bonchev–Trinajstić information content (AvgIpc) is 3.30. The zero-order valence-electron chi connectivity index (χ0n) is 13.8. The number of carbonyl (C=O) groups excluding carboxylic acids is 1. The normalized spacial score (nSPS) is 15.3. The van der Waals surface area contributed by atoms with E-state index in [1.54, 1.807) is 34.5 Å². The number of amides is 1. The summed E-state index contributed by atoms with van der Waals surface area (Å²) >= 11 is 5.40. The van der Waals surface area contributed by atoms with Crippen LogP contribution in [0.2, 0.25) is 0 Å². The lowest BCUT2D eigenvalue weighted by molar-refractivity contribution is -0.895. The second-order valence-corrected chi connectivity index (χ2v) is 6.64. The number of likely N-dealkylation sites (N-methyl/N-ethyl adjacent to an activating group) is 1. The Morgan fingerprint density at radius 1 is 1.46 bits per heavy atom. The van der Waals surface area contributed by atoms with E-state index in [0.29, 0.717) is 35.4 Å². The first-order valence-corrected chi connectivity index (χ1v) is 8.36. The van der Waals surface area contributed by atoms with Gasteiger partial charge in [0.05, 0.1) is 12.6 Å². The van der Waals surface area contributed by atoms with Crippen molar-refractivity contribution in [3.8, 4) is 11.4 Å². The fourth-order valence-corrected chi connectivity index (χ4v) is 2.75. The van der Waals surface area contributed by atoms with Crippen LogP contribution in [0.5, 0.6) is 0 Å². The minimum Gasteiger partial charge on any atom is -0.348 e. The van der Waals surface area contributed by atoms with Crippen molar-refractivity contribution < 1.29 is 14.1 Å². The van der Waals surface area contributed by atoms with E-state index >= 15 is 0 Å². The minimum atomic E-state index is -0.336. The lowest BCUT2D eigenvalue weighted by atomic mass is 10.2. The number of hydrogen-bond donors (Lipinski definition) is 2. The lowest BCUT2D eigenvalue weighted by Gasteiger charge is -2.13. The third-order valence-corrected chi connectivity index (χ3v) is 4.46. The molecule has 2 N–H and O–H groups in total. The molecule has 0 spiro atoms. The average molecular weight is 350 g/mol. The highest BCUT2D eigenvalue weighted by Crippen LogP contribution is 2.20. The highest BCUT2D eigenvalue weighted by atomic mass is 32.1. The first kappa shape index (κ1) is 16.8. The van der Waals surface area contributed by atoms with Crippen LogP contribution in [0.1, 0.15) is 12.8 Å². The number of nitrogens with zero attached hydrogens (tertiary/aromatic N) is 3. The third-order valence-electron chi connectivity index (χ3n) is 3.98. The molecule has 0 aliphatic heterocycles. The van der Waals surface area contributed by atoms with Crippen LogP contribution >= 0.6 is 12.2 Å². The first-order chi connectivity index (χ1) is 11.5. The van der Waals surface area contributed by atoms with Crippen molar-refractivity contribution >= 4 is 18.1 Å². The molecule has 6 nitrogen and oxygen atoms in total. The molecule has 0 radical (unpaired) electrons. The predicted molar refractivity (Wildman–Crippen MR) is 90.3 cm³/mol. The molecule has 1 unspecified atom stereocenters. The van der Waals surface area contributed by atoms with Crippen LogP contribution in [0.3, 0.4) is 0 Å². The van der Waals surface area contributed by atoms with Crippen LogP contribution in [0.15, 0.2) is 24.3 Å². The van der Waals surface area contributed by atoms with Crippen molar-refractivity contribution in [2.75, 3.05) is 13.6 Å². The van der Waals surface area contributed by atoms with Crippen molar-refractivity contribution in [3.05, 3.63) is 34.9 Å². The van der Waals surface area contributed by atoms with Crippen molar-refractivity contribution in [2.24, 2.45) is 7.05 Å². The van der Waals surface area contributed by atoms with Crippen LogP contribution in [-0.2, 0) is 18.5 Å². The molecule has 128 valence electrons. The van der Waals surface area contributed by atoms with Gasteiger partial charge in [0.15, 0.2) is 19.0 Å². The molecule has 1 amide bonds. The van der Waals surface area contributed by atoms with E-state index in [4.69, 9.17) is 12.2 Å². The minimum absolute atomic E-state index is 0.0341. The van der Waals surface area contributed by atoms with Crippen LogP contribution < -0.4 is 10.2 Å². The second-order valence-electron chi connectivity index (χ2n) is 6.28. The predicted octanol–water partition coefficient (Wildman–Crippen LogP) is 0.508. The number of aromatic nitrogens is 3. The fourth-order valence-electron chi connectivity index (χ4n) is 2.56. The monoisotopic (exact) mass is 350 g/mol. The summed E-state index contributed by atoms with van der Waals surface area (Å²) in [6.45, 7) is 0.795. The Labute approximate surface area is 144 Å². The molecule has 3 rings (SSSR count). The Morgan fingerprint density at radius 3 is 2.83 bits per heavy atom. The Morgan fingerprint density at radius 2 is 2.17 bits per heavy atom. The molecule has 1 aromatic carbocycles. The summed E-state index contributed by atoms with van der Waals surface area (Å²) in [5, 5.41) is 7.41. The Kier molecular flexibility index (Phi) is 4.77. The van der Waals surface area contributed by atoms with Gasteiger partial charge in [-0.15, -0.1) is 5.10 Å². The summed E-state index contributed by atoms with van der Waals surface area (Å²) in [7, 11) is 3.68. The summed E-state index contributed by atoms with van der Waals surface area (Å²) in [5.74, 6) is 0.178. The summed E-state index contributed by atoms with van der Waals surface area (Å²) in [4.78, 5) is 12.8. The molecule has 24 heavy (non-hydrogen) atoms. The number of hydrogen-bond acceptors (Lipinski definition) is 3. The molecule has 0 saturated heterocycles. The molecule has 1 fully saturated rings. The standard InChI is InChI=1S/C16H20FN5OS/c1-20(9-14(23)18-11-7-8-11)10-22-16(24)21(2)15(19-22)12-5-3-4-6-13(12)17/h3-6,11H,7-10H2,1-2H3,(H,18,23)/p+1. The van der Waals surface area contributed by atoms with Gasteiger partial charge in [-0.3, -0.25) is 4.79 Å². The maximum atomic E-state index is 14.0. The Bertz CT molecular complexity index is 811. The van der Waals surface area contributed by atoms with Gasteiger partial charge in [-0.25, -0.2) is 4.39 Å². The van der Waals surface area contributed by atoms with Crippen LogP contribution in [0, 0.1) is 10.6 Å². The van der Waals surface area contributed by atoms with E-state index in [-0.39, 0.29) is 11.7 Å². The van der Waals surface area contributed by atoms with E-state index in [2.05, 4.69) is 10.4 Å². The van der Waals surface area contributed by atoms with Gasteiger partial charge in [0.1, 0.15) is 5.82 Å². The quantitative estimate of drug-likeness (QED) is 0.747. The molecule has 1 aliphatic rings. The van der Waals surface area contributed by atoms with Gasteiger partial charge < -0.3 is 14.8 Å². The van der Waals surface area contributed by atoms with E-state index in [1.165, 1.54) is 6.07 Å². The largest absolute Gasteiger partial charge is 0.348 e. The number of nitrogens with one attached hydrogen (secondary N) is 2. The van der Waals surface area contributed by atoms with Crippen molar-refractivity contribution in [1.29, 1.82) is 0 Å². The van der Waals surface area contributed by atoms with E-state index in [0.717, 1.165) is 17.7 Å². The van der Waals surface area contributed by atoms with E-state index in [9.17, 15) is 9.18 Å². The highest BCUT2D eigenvalue weighted by Gasteiger charge is 2.24. The molecule has 1 aromatic heterocycles. The van der Waals surface area contributed by atoms with Crippen molar-refractivity contribution in [2.45, 2.75) is 25.6 Å². The molecular formula is C16H21FN5OS+. The van der Waals surface area contributed by atoms with Gasteiger partial charge in [0.25, 0.3) is 5.91 Å². The number of rotatable bonds is 6. The summed E-state index contributed by atoms with van der Waals surface area (Å²) in [6, 6.07) is 6.84. The van der Waals surface area contributed by atoms with Crippen molar-refractivity contribution in [3.63, 3.8) is 0 Å². The number of quaternary nitrogens is 1. The van der Waals surface area contributed by atoms with Gasteiger partial charge in [0, 0.05) is 13.1 Å². The van der Waals surface area contributed by atoms with Gasteiger partial charge in [-0.05, 0) is 37.2 Å². The molecule has 1 aliphatic carbocycles. The van der Waals surface area contributed by atoms with Gasteiger partial charge in [-0.2, -0.15) is 4.68 Å². The maximum absolute atomic E-state index is 14.0. The molecule has 1 saturated carbocycles. The van der Waals surface area contributed by atoms with E-state index in [1.807, 2.05) is 7.05 Å². The molecular weight excluding hydrogens is 329 g/mol. The van der Waals surface area contributed by atoms with Gasteiger partial charge in [-0.1, -0.05) is 12.1 Å².